The molecule has 0 bridgehead atoms. The Morgan fingerprint density at radius 3 is 2.33 bits per heavy atom. The third-order valence-corrected chi connectivity index (χ3v) is 3.38. The van der Waals surface area contributed by atoms with Gasteiger partial charge in [0, 0.05) is 22.5 Å². The molecular formula is C14H16ClNOS. The maximum absolute atomic E-state index is 5.21. The van der Waals surface area contributed by atoms with E-state index in [0.717, 1.165) is 11.4 Å². The number of hydrogen-bond donors (Lipinski definition) is 1. The van der Waals surface area contributed by atoms with Gasteiger partial charge in [0.25, 0.3) is 0 Å². The monoisotopic (exact) mass is 281 g/mol. The molecule has 0 aromatic heterocycles. The van der Waals surface area contributed by atoms with E-state index in [9.17, 15) is 0 Å². The van der Waals surface area contributed by atoms with Gasteiger partial charge in [-0.05, 0) is 36.4 Å². The third-order valence-electron chi connectivity index (χ3n) is 2.40. The van der Waals surface area contributed by atoms with Crippen LogP contribution in [0.5, 0.6) is 5.75 Å². The van der Waals surface area contributed by atoms with E-state index in [-0.39, 0.29) is 12.4 Å². The molecule has 0 aliphatic rings. The van der Waals surface area contributed by atoms with Crippen LogP contribution in [0, 0.1) is 0 Å². The number of hydrogen-bond acceptors (Lipinski definition) is 3. The van der Waals surface area contributed by atoms with Crippen LogP contribution < -0.4 is 10.1 Å². The van der Waals surface area contributed by atoms with E-state index in [2.05, 4.69) is 29.6 Å². The summed E-state index contributed by atoms with van der Waals surface area (Å²) >= 11 is 1.73. The Morgan fingerprint density at radius 2 is 1.67 bits per heavy atom. The van der Waals surface area contributed by atoms with Crippen molar-refractivity contribution in [3.63, 3.8) is 0 Å². The van der Waals surface area contributed by atoms with E-state index >= 15 is 0 Å². The number of halogens is 1. The first kappa shape index (κ1) is 14.7. The van der Waals surface area contributed by atoms with Gasteiger partial charge >= 0.3 is 0 Å². The second-order valence-corrected chi connectivity index (χ2v) is 4.71. The van der Waals surface area contributed by atoms with Crippen LogP contribution in [-0.2, 0) is 0 Å². The van der Waals surface area contributed by atoms with E-state index < -0.39 is 0 Å². The first-order valence-electron chi connectivity index (χ1n) is 5.41. The van der Waals surface area contributed by atoms with E-state index in [1.807, 2.05) is 31.3 Å². The van der Waals surface area contributed by atoms with Gasteiger partial charge in [0.2, 0.25) is 0 Å². The van der Waals surface area contributed by atoms with Crippen molar-refractivity contribution in [3.05, 3.63) is 48.5 Å². The predicted octanol–water partition coefficient (Wildman–Crippen LogP) is 4.31. The number of benzene rings is 2. The SMILES string of the molecule is CNc1cccc(Sc2cccc(OC)c2)c1.Cl. The van der Waals surface area contributed by atoms with Crippen LogP contribution >= 0.6 is 24.2 Å². The minimum Gasteiger partial charge on any atom is -0.497 e. The summed E-state index contributed by atoms with van der Waals surface area (Å²) in [6.07, 6.45) is 0. The number of anilines is 1. The Morgan fingerprint density at radius 1 is 1.00 bits per heavy atom. The van der Waals surface area contributed by atoms with Gasteiger partial charge in [-0.15, -0.1) is 12.4 Å². The van der Waals surface area contributed by atoms with Gasteiger partial charge in [-0.2, -0.15) is 0 Å². The average molecular weight is 282 g/mol. The van der Waals surface area contributed by atoms with Crippen LogP contribution in [-0.4, -0.2) is 14.2 Å². The standard InChI is InChI=1S/C14H15NOS.ClH/c1-15-11-5-3-7-13(9-11)17-14-8-4-6-12(10-14)16-2;/h3-10,15H,1-2H3;1H. The lowest BCUT2D eigenvalue weighted by molar-refractivity contribution is 0.413. The number of rotatable bonds is 4. The van der Waals surface area contributed by atoms with Gasteiger partial charge in [0.05, 0.1) is 7.11 Å². The Balaban J connectivity index is 0.00000162. The zero-order valence-corrected chi connectivity index (χ0v) is 12.0. The minimum absolute atomic E-state index is 0. The Kier molecular flexibility index (Phi) is 5.89. The van der Waals surface area contributed by atoms with Crippen LogP contribution in [0.2, 0.25) is 0 Å². The molecule has 0 saturated carbocycles. The van der Waals surface area contributed by atoms with E-state index in [1.54, 1.807) is 18.9 Å². The predicted molar refractivity (Wildman–Crippen MR) is 80.4 cm³/mol. The molecule has 2 aromatic carbocycles. The molecule has 0 aliphatic carbocycles. The van der Waals surface area contributed by atoms with E-state index in [0.29, 0.717) is 0 Å². The molecule has 0 saturated heterocycles. The molecule has 0 spiro atoms. The van der Waals surface area contributed by atoms with Crippen molar-refractivity contribution in [3.8, 4) is 5.75 Å². The summed E-state index contributed by atoms with van der Waals surface area (Å²) < 4.78 is 5.21. The van der Waals surface area contributed by atoms with Crippen molar-refractivity contribution in [1.82, 2.24) is 0 Å². The maximum Gasteiger partial charge on any atom is 0.119 e. The summed E-state index contributed by atoms with van der Waals surface area (Å²) in [5.41, 5.74) is 1.12. The number of ether oxygens (including phenoxy) is 1. The normalized spacial score (nSPS) is 9.44. The molecule has 1 N–H and O–H groups in total. The molecule has 0 unspecified atom stereocenters. The highest BCUT2D eigenvalue weighted by molar-refractivity contribution is 7.99. The van der Waals surface area contributed by atoms with Crippen LogP contribution in [0.15, 0.2) is 58.3 Å². The highest BCUT2D eigenvalue weighted by Gasteiger charge is 2.00. The fourth-order valence-electron chi connectivity index (χ4n) is 1.52. The highest BCUT2D eigenvalue weighted by Crippen LogP contribution is 2.31. The minimum atomic E-state index is 0. The van der Waals surface area contributed by atoms with Gasteiger partial charge < -0.3 is 10.1 Å². The zero-order chi connectivity index (χ0) is 12.1. The Bertz CT molecular complexity index is 459. The summed E-state index contributed by atoms with van der Waals surface area (Å²) in [4.78, 5) is 2.39. The van der Waals surface area contributed by atoms with Crippen molar-refractivity contribution in [2.24, 2.45) is 0 Å². The molecule has 0 radical (unpaired) electrons. The first-order valence-corrected chi connectivity index (χ1v) is 6.23. The smallest absolute Gasteiger partial charge is 0.119 e. The molecule has 0 fully saturated rings. The highest BCUT2D eigenvalue weighted by atomic mass is 35.5. The Hall–Kier alpha value is -1.32. The fourth-order valence-corrected chi connectivity index (χ4v) is 2.44. The molecule has 0 heterocycles. The number of nitrogens with one attached hydrogen (secondary N) is 1. The third kappa shape index (κ3) is 3.86. The summed E-state index contributed by atoms with van der Waals surface area (Å²) in [6.45, 7) is 0. The van der Waals surface area contributed by atoms with Gasteiger partial charge in [-0.3, -0.25) is 0 Å². The van der Waals surface area contributed by atoms with Crippen LogP contribution in [0.4, 0.5) is 5.69 Å². The van der Waals surface area contributed by atoms with E-state index in [1.165, 1.54) is 9.79 Å². The summed E-state index contributed by atoms with van der Waals surface area (Å²) in [5, 5.41) is 3.14. The summed E-state index contributed by atoms with van der Waals surface area (Å²) in [6, 6.07) is 16.4. The summed E-state index contributed by atoms with van der Waals surface area (Å²) in [7, 11) is 3.61. The summed E-state index contributed by atoms with van der Waals surface area (Å²) in [5.74, 6) is 0.889. The topological polar surface area (TPSA) is 21.3 Å². The fraction of sp³-hybridized carbons (Fsp3) is 0.143. The van der Waals surface area contributed by atoms with Crippen molar-refractivity contribution >= 4 is 29.9 Å². The van der Waals surface area contributed by atoms with Crippen molar-refractivity contribution in [2.45, 2.75) is 9.79 Å². The molecule has 96 valence electrons. The molecule has 2 nitrogen and oxygen atoms in total. The molecule has 18 heavy (non-hydrogen) atoms. The molecule has 0 amide bonds. The van der Waals surface area contributed by atoms with Crippen LogP contribution in [0.3, 0.4) is 0 Å². The van der Waals surface area contributed by atoms with Gasteiger partial charge in [-0.1, -0.05) is 23.9 Å². The first-order chi connectivity index (χ1) is 8.31. The van der Waals surface area contributed by atoms with Gasteiger partial charge in [-0.25, -0.2) is 0 Å². The maximum atomic E-state index is 5.21. The van der Waals surface area contributed by atoms with Crippen molar-refractivity contribution in [1.29, 1.82) is 0 Å². The van der Waals surface area contributed by atoms with Crippen molar-refractivity contribution < 1.29 is 4.74 Å². The lowest BCUT2D eigenvalue weighted by atomic mass is 10.3. The van der Waals surface area contributed by atoms with Crippen molar-refractivity contribution in [2.75, 3.05) is 19.5 Å². The van der Waals surface area contributed by atoms with Crippen LogP contribution in [0.1, 0.15) is 0 Å². The second kappa shape index (κ2) is 7.19. The quantitative estimate of drug-likeness (QED) is 0.902. The van der Waals surface area contributed by atoms with E-state index in [4.69, 9.17) is 4.74 Å². The Labute approximate surface area is 118 Å². The number of methoxy groups -OCH3 is 1. The van der Waals surface area contributed by atoms with Gasteiger partial charge in [0.1, 0.15) is 5.75 Å². The molecule has 2 rings (SSSR count). The molecule has 4 heteroatoms. The molecular weight excluding hydrogens is 266 g/mol. The molecule has 0 aliphatic heterocycles. The van der Waals surface area contributed by atoms with Gasteiger partial charge in [0.15, 0.2) is 0 Å². The second-order valence-electron chi connectivity index (χ2n) is 3.56. The lowest BCUT2D eigenvalue weighted by Gasteiger charge is -2.06. The lowest BCUT2D eigenvalue weighted by Crippen LogP contribution is -1.87. The zero-order valence-electron chi connectivity index (χ0n) is 10.3. The average Bonchev–Trinajstić information content (AvgIpc) is 2.39. The molecule has 2 aromatic rings. The van der Waals surface area contributed by atoms with Crippen LogP contribution in [0.25, 0.3) is 0 Å². The largest absolute Gasteiger partial charge is 0.497 e. The molecule has 0 atom stereocenters.